The average Bonchev–Trinajstić information content (AvgIpc) is 3.15. The van der Waals surface area contributed by atoms with Gasteiger partial charge in [0.15, 0.2) is 0 Å². The lowest BCUT2D eigenvalue weighted by atomic mass is 10.1. The fraction of sp³-hybridized carbons (Fsp3) is 0.263. The minimum atomic E-state index is -0.162. The SMILES string of the molecule is O=C1c2ccccc2C(=O)N1C[C@H]1CCCN1c1ccccc1. The molecule has 4 rings (SSSR count). The first-order chi connectivity index (χ1) is 11.3. The quantitative estimate of drug-likeness (QED) is 0.819. The molecule has 0 N–H and O–H groups in total. The van der Waals surface area contributed by atoms with Crippen LogP contribution >= 0.6 is 0 Å². The fourth-order valence-corrected chi connectivity index (χ4v) is 3.60. The van der Waals surface area contributed by atoms with Gasteiger partial charge in [-0.2, -0.15) is 0 Å². The Bertz CT molecular complexity index is 722. The molecule has 4 heteroatoms. The summed E-state index contributed by atoms with van der Waals surface area (Å²) in [7, 11) is 0. The molecule has 0 unspecified atom stereocenters. The summed E-state index contributed by atoms with van der Waals surface area (Å²) in [4.78, 5) is 28.8. The molecule has 2 aliphatic heterocycles. The van der Waals surface area contributed by atoms with Crippen LogP contribution in [0.2, 0.25) is 0 Å². The Morgan fingerprint density at radius 2 is 1.48 bits per heavy atom. The van der Waals surface area contributed by atoms with Crippen molar-refractivity contribution in [3.8, 4) is 0 Å². The number of fused-ring (bicyclic) bond motifs is 1. The Morgan fingerprint density at radius 1 is 0.870 bits per heavy atom. The first-order valence-electron chi connectivity index (χ1n) is 8.02. The molecule has 2 aliphatic rings. The van der Waals surface area contributed by atoms with Crippen molar-refractivity contribution in [2.45, 2.75) is 18.9 Å². The molecule has 2 heterocycles. The smallest absolute Gasteiger partial charge is 0.261 e. The second-order valence-corrected chi connectivity index (χ2v) is 6.09. The minimum absolute atomic E-state index is 0.162. The predicted molar refractivity (Wildman–Crippen MR) is 88.6 cm³/mol. The number of amides is 2. The van der Waals surface area contributed by atoms with Crippen molar-refractivity contribution in [1.82, 2.24) is 4.90 Å². The van der Waals surface area contributed by atoms with E-state index in [-0.39, 0.29) is 17.9 Å². The lowest BCUT2D eigenvalue weighted by Gasteiger charge is -2.29. The van der Waals surface area contributed by atoms with Gasteiger partial charge in [-0.05, 0) is 37.1 Å². The Kier molecular flexibility index (Phi) is 3.37. The summed E-state index contributed by atoms with van der Waals surface area (Å²) >= 11 is 0. The van der Waals surface area contributed by atoms with Crippen molar-refractivity contribution < 1.29 is 9.59 Å². The van der Waals surface area contributed by atoms with Crippen molar-refractivity contribution in [2.24, 2.45) is 0 Å². The number of benzene rings is 2. The van der Waals surface area contributed by atoms with Gasteiger partial charge in [-0.25, -0.2) is 0 Å². The van der Waals surface area contributed by atoms with Gasteiger partial charge in [-0.1, -0.05) is 30.3 Å². The molecule has 1 fully saturated rings. The Balaban J connectivity index is 1.57. The maximum absolute atomic E-state index is 12.5. The van der Waals surface area contributed by atoms with E-state index in [1.54, 1.807) is 24.3 Å². The summed E-state index contributed by atoms with van der Waals surface area (Å²) in [5, 5.41) is 0. The van der Waals surface area contributed by atoms with Gasteiger partial charge in [0.05, 0.1) is 11.1 Å². The van der Waals surface area contributed by atoms with Crippen LogP contribution in [0.5, 0.6) is 0 Å². The second-order valence-electron chi connectivity index (χ2n) is 6.09. The van der Waals surface area contributed by atoms with Gasteiger partial charge in [0.25, 0.3) is 11.8 Å². The highest BCUT2D eigenvalue weighted by molar-refractivity contribution is 6.21. The van der Waals surface area contributed by atoms with E-state index in [2.05, 4.69) is 17.0 Å². The highest BCUT2D eigenvalue weighted by Gasteiger charge is 2.38. The van der Waals surface area contributed by atoms with Crippen LogP contribution in [-0.2, 0) is 0 Å². The van der Waals surface area contributed by atoms with Crippen molar-refractivity contribution in [3.05, 3.63) is 65.7 Å². The summed E-state index contributed by atoms with van der Waals surface area (Å²) < 4.78 is 0. The molecule has 116 valence electrons. The van der Waals surface area contributed by atoms with Crippen LogP contribution in [-0.4, -0.2) is 35.8 Å². The second kappa shape index (κ2) is 5.54. The minimum Gasteiger partial charge on any atom is -0.367 e. The van der Waals surface area contributed by atoms with E-state index in [0.29, 0.717) is 17.7 Å². The van der Waals surface area contributed by atoms with Gasteiger partial charge in [-0.3, -0.25) is 14.5 Å². The monoisotopic (exact) mass is 306 g/mol. The molecule has 2 aromatic carbocycles. The Morgan fingerprint density at radius 3 is 2.13 bits per heavy atom. The summed E-state index contributed by atoms with van der Waals surface area (Å²) in [5.41, 5.74) is 2.22. The molecule has 0 aliphatic carbocycles. The number of carbonyl (C=O) groups excluding carboxylic acids is 2. The molecule has 0 radical (unpaired) electrons. The number of hydrogen-bond acceptors (Lipinski definition) is 3. The first-order valence-corrected chi connectivity index (χ1v) is 8.02. The molecule has 0 spiro atoms. The van der Waals surface area contributed by atoms with Gasteiger partial charge in [0.1, 0.15) is 0 Å². The zero-order valence-corrected chi connectivity index (χ0v) is 12.8. The fourth-order valence-electron chi connectivity index (χ4n) is 3.60. The number of carbonyl (C=O) groups is 2. The van der Waals surface area contributed by atoms with Crippen LogP contribution < -0.4 is 4.90 Å². The van der Waals surface area contributed by atoms with Crippen LogP contribution in [0.3, 0.4) is 0 Å². The molecular formula is C19H18N2O2. The molecule has 4 nitrogen and oxygen atoms in total. The lowest BCUT2D eigenvalue weighted by molar-refractivity contribution is 0.0645. The van der Waals surface area contributed by atoms with Crippen molar-refractivity contribution in [3.63, 3.8) is 0 Å². The van der Waals surface area contributed by atoms with E-state index in [0.717, 1.165) is 25.1 Å². The number of rotatable bonds is 3. The molecule has 23 heavy (non-hydrogen) atoms. The molecule has 2 amide bonds. The Labute approximate surface area is 135 Å². The van der Waals surface area contributed by atoms with Gasteiger partial charge in [0, 0.05) is 24.8 Å². The third-order valence-electron chi connectivity index (χ3n) is 4.74. The van der Waals surface area contributed by atoms with E-state index < -0.39 is 0 Å². The summed E-state index contributed by atoms with van der Waals surface area (Å²) in [6.45, 7) is 1.43. The Hall–Kier alpha value is -2.62. The normalized spacial score (nSPS) is 20.3. The number of hydrogen-bond donors (Lipinski definition) is 0. The van der Waals surface area contributed by atoms with Crippen molar-refractivity contribution >= 4 is 17.5 Å². The summed E-state index contributed by atoms with van der Waals surface area (Å²) in [6.07, 6.45) is 2.09. The van der Waals surface area contributed by atoms with Crippen LogP contribution in [0.25, 0.3) is 0 Å². The highest BCUT2D eigenvalue weighted by atomic mass is 16.2. The van der Waals surface area contributed by atoms with Crippen LogP contribution in [0.1, 0.15) is 33.6 Å². The molecule has 1 atom stereocenters. The van der Waals surface area contributed by atoms with Gasteiger partial charge < -0.3 is 4.90 Å². The van der Waals surface area contributed by atoms with Crippen LogP contribution in [0.4, 0.5) is 5.69 Å². The first kappa shape index (κ1) is 14.0. The number of nitrogens with zero attached hydrogens (tertiary/aromatic N) is 2. The standard InChI is InChI=1S/C19H18N2O2/c22-18-16-10-4-5-11-17(16)19(23)21(18)13-15-9-6-12-20(15)14-7-2-1-3-8-14/h1-5,7-8,10-11,15H,6,9,12-13H2/t15-/m1/s1. The molecule has 2 aromatic rings. The third kappa shape index (κ3) is 2.31. The molecule has 0 aromatic heterocycles. The average molecular weight is 306 g/mol. The van der Waals surface area contributed by atoms with Crippen molar-refractivity contribution in [2.75, 3.05) is 18.0 Å². The van der Waals surface area contributed by atoms with E-state index in [1.165, 1.54) is 4.90 Å². The highest BCUT2D eigenvalue weighted by Crippen LogP contribution is 2.29. The van der Waals surface area contributed by atoms with E-state index in [4.69, 9.17) is 0 Å². The maximum atomic E-state index is 12.5. The van der Waals surface area contributed by atoms with Crippen LogP contribution in [0.15, 0.2) is 54.6 Å². The van der Waals surface area contributed by atoms with E-state index >= 15 is 0 Å². The predicted octanol–water partition coefficient (Wildman–Crippen LogP) is 2.95. The van der Waals surface area contributed by atoms with Gasteiger partial charge >= 0.3 is 0 Å². The number of para-hydroxylation sites is 1. The zero-order valence-electron chi connectivity index (χ0n) is 12.8. The van der Waals surface area contributed by atoms with Gasteiger partial charge in [0.2, 0.25) is 0 Å². The van der Waals surface area contributed by atoms with Crippen molar-refractivity contribution in [1.29, 1.82) is 0 Å². The largest absolute Gasteiger partial charge is 0.367 e. The topological polar surface area (TPSA) is 40.6 Å². The van der Waals surface area contributed by atoms with E-state index in [1.807, 2.05) is 18.2 Å². The van der Waals surface area contributed by atoms with Gasteiger partial charge in [-0.15, -0.1) is 0 Å². The van der Waals surface area contributed by atoms with E-state index in [9.17, 15) is 9.59 Å². The maximum Gasteiger partial charge on any atom is 0.261 e. The summed E-state index contributed by atoms with van der Waals surface area (Å²) in [6, 6.07) is 17.5. The van der Waals surface area contributed by atoms with Crippen LogP contribution in [0, 0.1) is 0 Å². The molecule has 0 bridgehead atoms. The lowest BCUT2D eigenvalue weighted by Crippen LogP contribution is -2.43. The molecular weight excluding hydrogens is 288 g/mol. The summed E-state index contributed by atoms with van der Waals surface area (Å²) in [5.74, 6) is -0.323. The molecule has 1 saturated heterocycles. The molecule has 0 saturated carbocycles. The number of anilines is 1. The zero-order chi connectivity index (χ0) is 15.8. The number of imide groups is 1. The third-order valence-corrected chi connectivity index (χ3v) is 4.74.